The summed E-state index contributed by atoms with van der Waals surface area (Å²) in [5.74, 6) is -0.811. The molecule has 0 aliphatic carbocycles. The van der Waals surface area contributed by atoms with E-state index in [2.05, 4.69) is 15.4 Å². The van der Waals surface area contributed by atoms with Crippen LogP contribution in [-0.4, -0.2) is 27.8 Å². The molecule has 3 rings (SSSR count). The number of carbonyl (C=O) groups is 1. The highest BCUT2D eigenvalue weighted by Crippen LogP contribution is 2.17. The third-order valence-electron chi connectivity index (χ3n) is 3.49. The molecule has 0 aliphatic heterocycles. The second kappa shape index (κ2) is 6.91. The van der Waals surface area contributed by atoms with E-state index in [4.69, 9.17) is 4.74 Å². The zero-order chi connectivity index (χ0) is 16.9. The number of amides is 1. The van der Waals surface area contributed by atoms with Crippen LogP contribution < -0.4 is 10.1 Å². The van der Waals surface area contributed by atoms with Crippen LogP contribution in [-0.2, 0) is 6.54 Å². The fourth-order valence-corrected chi connectivity index (χ4v) is 2.20. The van der Waals surface area contributed by atoms with Crippen molar-refractivity contribution < 1.29 is 13.9 Å². The lowest BCUT2D eigenvalue weighted by atomic mass is 10.1. The second-order valence-electron chi connectivity index (χ2n) is 5.04. The Morgan fingerprint density at radius 3 is 2.67 bits per heavy atom. The highest BCUT2D eigenvalue weighted by molar-refractivity contribution is 5.94. The summed E-state index contributed by atoms with van der Waals surface area (Å²) in [5.41, 5.74) is 2.04. The molecular formula is C17H15FN4O2. The summed E-state index contributed by atoms with van der Waals surface area (Å²) in [6.07, 6.45) is 3.07. The van der Waals surface area contributed by atoms with Gasteiger partial charge in [0.1, 0.15) is 12.7 Å². The maximum atomic E-state index is 13.6. The molecule has 122 valence electrons. The van der Waals surface area contributed by atoms with Crippen LogP contribution in [0.5, 0.6) is 5.75 Å². The summed E-state index contributed by atoms with van der Waals surface area (Å²) < 4.78 is 20.1. The average Bonchev–Trinajstić information content (AvgIpc) is 3.14. The lowest BCUT2D eigenvalue weighted by Gasteiger charge is -2.08. The molecule has 0 saturated heterocycles. The van der Waals surface area contributed by atoms with Gasteiger partial charge in [-0.25, -0.2) is 14.1 Å². The Morgan fingerprint density at radius 1 is 1.25 bits per heavy atom. The molecule has 0 fully saturated rings. The first-order valence-corrected chi connectivity index (χ1v) is 7.23. The van der Waals surface area contributed by atoms with Gasteiger partial charge in [0.2, 0.25) is 0 Å². The molecule has 1 N–H and O–H groups in total. The van der Waals surface area contributed by atoms with Gasteiger partial charge in [-0.1, -0.05) is 12.1 Å². The number of nitrogens with zero attached hydrogens (tertiary/aromatic N) is 3. The Balaban J connectivity index is 1.63. The molecule has 6 nitrogen and oxygen atoms in total. The topological polar surface area (TPSA) is 69.0 Å². The standard InChI is InChI=1S/C17H15FN4O2/c1-24-16-7-4-13(8-15(16)18)17(23)20-9-12-2-5-14(6-3-12)22-11-19-10-21-22/h2-8,10-11H,9H2,1H3,(H,20,23). The Kier molecular flexibility index (Phi) is 4.51. The first kappa shape index (κ1) is 15.7. The maximum Gasteiger partial charge on any atom is 0.251 e. The molecule has 0 aliphatic rings. The van der Waals surface area contributed by atoms with Gasteiger partial charge < -0.3 is 10.1 Å². The minimum Gasteiger partial charge on any atom is -0.494 e. The molecule has 0 saturated carbocycles. The van der Waals surface area contributed by atoms with Crippen LogP contribution in [0.1, 0.15) is 15.9 Å². The van der Waals surface area contributed by atoms with Gasteiger partial charge in [-0.15, -0.1) is 0 Å². The molecule has 1 aromatic heterocycles. The molecule has 3 aromatic rings. The molecule has 0 bridgehead atoms. The molecule has 2 aromatic carbocycles. The normalized spacial score (nSPS) is 10.4. The fourth-order valence-electron chi connectivity index (χ4n) is 2.20. The van der Waals surface area contributed by atoms with Crippen LogP contribution in [0.15, 0.2) is 55.1 Å². The molecule has 1 amide bonds. The number of nitrogens with one attached hydrogen (secondary N) is 1. The molecular weight excluding hydrogens is 311 g/mol. The number of halogens is 1. The van der Waals surface area contributed by atoms with Crippen molar-refractivity contribution >= 4 is 5.91 Å². The SMILES string of the molecule is COc1ccc(C(=O)NCc2ccc(-n3cncn3)cc2)cc1F. The number of carbonyl (C=O) groups excluding carboxylic acids is 1. The van der Waals surface area contributed by atoms with Gasteiger partial charge in [-0.2, -0.15) is 5.10 Å². The van der Waals surface area contributed by atoms with E-state index in [-0.39, 0.29) is 17.2 Å². The summed E-state index contributed by atoms with van der Waals surface area (Å²) in [5, 5.41) is 6.80. The van der Waals surface area contributed by atoms with E-state index < -0.39 is 5.82 Å². The quantitative estimate of drug-likeness (QED) is 0.781. The zero-order valence-electron chi connectivity index (χ0n) is 12.9. The van der Waals surface area contributed by atoms with Crippen LogP contribution in [0.3, 0.4) is 0 Å². The van der Waals surface area contributed by atoms with E-state index in [1.54, 1.807) is 11.0 Å². The van der Waals surface area contributed by atoms with Gasteiger partial charge >= 0.3 is 0 Å². The van der Waals surface area contributed by atoms with Gasteiger partial charge in [0, 0.05) is 12.1 Å². The molecule has 7 heteroatoms. The zero-order valence-corrected chi connectivity index (χ0v) is 12.9. The van der Waals surface area contributed by atoms with Crippen molar-refractivity contribution in [1.29, 1.82) is 0 Å². The highest BCUT2D eigenvalue weighted by atomic mass is 19.1. The summed E-state index contributed by atoms with van der Waals surface area (Å²) in [6.45, 7) is 0.337. The van der Waals surface area contributed by atoms with Crippen LogP contribution in [0, 0.1) is 5.82 Å². The summed E-state index contributed by atoms with van der Waals surface area (Å²) in [7, 11) is 1.38. The fraction of sp³-hybridized carbons (Fsp3) is 0.118. The van der Waals surface area contributed by atoms with Crippen molar-refractivity contribution in [3.8, 4) is 11.4 Å². The van der Waals surface area contributed by atoms with Crippen LogP contribution in [0.25, 0.3) is 5.69 Å². The van der Waals surface area contributed by atoms with Crippen molar-refractivity contribution in [2.24, 2.45) is 0 Å². The lowest BCUT2D eigenvalue weighted by Crippen LogP contribution is -2.22. The molecule has 1 heterocycles. The predicted molar refractivity (Wildman–Crippen MR) is 85.5 cm³/mol. The first-order valence-electron chi connectivity index (χ1n) is 7.23. The third-order valence-corrected chi connectivity index (χ3v) is 3.49. The van der Waals surface area contributed by atoms with Crippen molar-refractivity contribution in [2.45, 2.75) is 6.54 Å². The predicted octanol–water partition coefficient (Wildman–Crippen LogP) is 2.35. The van der Waals surface area contributed by atoms with Gasteiger partial charge in [0.05, 0.1) is 12.8 Å². The Hall–Kier alpha value is -3.22. The number of aromatic nitrogens is 3. The monoisotopic (exact) mass is 326 g/mol. The van der Waals surface area contributed by atoms with Gasteiger partial charge in [-0.3, -0.25) is 4.79 Å². The van der Waals surface area contributed by atoms with E-state index in [0.29, 0.717) is 6.54 Å². The van der Waals surface area contributed by atoms with E-state index in [9.17, 15) is 9.18 Å². The van der Waals surface area contributed by atoms with Crippen molar-refractivity contribution in [3.63, 3.8) is 0 Å². The molecule has 0 spiro atoms. The summed E-state index contributed by atoms with van der Waals surface area (Å²) in [4.78, 5) is 16.0. The lowest BCUT2D eigenvalue weighted by molar-refractivity contribution is 0.0950. The van der Waals surface area contributed by atoms with Crippen LogP contribution >= 0.6 is 0 Å². The van der Waals surface area contributed by atoms with Crippen molar-refractivity contribution in [3.05, 3.63) is 72.1 Å². The molecule has 24 heavy (non-hydrogen) atoms. The highest BCUT2D eigenvalue weighted by Gasteiger charge is 2.10. The average molecular weight is 326 g/mol. The van der Waals surface area contributed by atoms with Gasteiger partial charge in [-0.05, 0) is 35.9 Å². The minimum absolute atomic E-state index is 0.107. The van der Waals surface area contributed by atoms with E-state index in [1.807, 2.05) is 24.3 Å². The van der Waals surface area contributed by atoms with Crippen molar-refractivity contribution in [1.82, 2.24) is 20.1 Å². The number of ether oxygens (including phenoxy) is 1. The smallest absolute Gasteiger partial charge is 0.251 e. The number of hydrogen-bond acceptors (Lipinski definition) is 4. The second-order valence-corrected chi connectivity index (χ2v) is 5.04. The van der Waals surface area contributed by atoms with E-state index in [1.165, 1.54) is 25.6 Å². The first-order chi connectivity index (χ1) is 11.7. The summed E-state index contributed by atoms with van der Waals surface area (Å²) >= 11 is 0. The Morgan fingerprint density at radius 2 is 2.04 bits per heavy atom. The number of benzene rings is 2. The third kappa shape index (κ3) is 3.40. The van der Waals surface area contributed by atoms with Gasteiger partial charge in [0.25, 0.3) is 5.91 Å². The number of methoxy groups -OCH3 is 1. The minimum atomic E-state index is -0.567. The Bertz CT molecular complexity index is 832. The Labute approximate surface area is 137 Å². The molecule has 0 atom stereocenters. The molecule has 0 unspecified atom stereocenters. The number of hydrogen-bond donors (Lipinski definition) is 1. The van der Waals surface area contributed by atoms with Crippen LogP contribution in [0.2, 0.25) is 0 Å². The largest absolute Gasteiger partial charge is 0.494 e. The van der Waals surface area contributed by atoms with Crippen molar-refractivity contribution in [2.75, 3.05) is 7.11 Å². The van der Waals surface area contributed by atoms with Crippen LogP contribution in [0.4, 0.5) is 4.39 Å². The number of rotatable bonds is 5. The molecule has 0 radical (unpaired) electrons. The summed E-state index contributed by atoms with van der Waals surface area (Å²) in [6, 6.07) is 11.6. The van der Waals surface area contributed by atoms with E-state index in [0.717, 1.165) is 17.3 Å². The van der Waals surface area contributed by atoms with Gasteiger partial charge in [0.15, 0.2) is 11.6 Å². The maximum absolute atomic E-state index is 13.6. The van der Waals surface area contributed by atoms with E-state index >= 15 is 0 Å².